The first-order valence-corrected chi connectivity index (χ1v) is 10.5. The number of sulfonamides is 1. The number of nitrogens with one attached hydrogen (secondary N) is 2. The Morgan fingerprint density at radius 2 is 1.96 bits per heavy atom. The molecular weight excluding hydrogens is 420 g/mol. The van der Waals surface area contributed by atoms with E-state index in [0.717, 1.165) is 17.3 Å². The first-order chi connectivity index (χ1) is 12.4. The van der Waals surface area contributed by atoms with Crippen LogP contribution in [-0.4, -0.2) is 33.6 Å². The van der Waals surface area contributed by atoms with E-state index in [0.29, 0.717) is 12.3 Å². The van der Waals surface area contributed by atoms with Gasteiger partial charge in [0.15, 0.2) is 0 Å². The topological polar surface area (TPSA) is 84.5 Å². The molecule has 0 aliphatic carbocycles. The van der Waals surface area contributed by atoms with E-state index in [1.54, 1.807) is 24.3 Å². The molecule has 2 aromatic carbocycles. The van der Waals surface area contributed by atoms with Crippen LogP contribution in [-0.2, 0) is 14.8 Å². The van der Waals surface area contributed by atoms with E-state index >= 15 is 0 Å². The molecule has 0 saturated carbocycles. The SMILES string of the molecule is O=C(Nc1ccc(Br)cc1)c1cccc(S(=O)(=O)NCC2CCCO2)c1. The van der Waals surface area contributed by atoms with Crippen molar-refractivity contribution in [1.82, 2.24) is 4.72 Å². The van der Waals surface area contributed by atoms with Gasteiger partial charge in [0, 0.05) is 28.9 Å². The maximum absolute atomic E-state index is 12.5. The van der Waals surface area contributed by atoms with Gasteiger partial charge >= 0.3 is 0 Å². The van der Waals surface area contributed by atoms with E-state index in [-0.39, 0.29) is 29.0 Å². The Balaban J connectivity index is 1.70. The molecule has 0 radical (unpaired) electrons. The van der Waals surface area contributed by atoms with Crippen LogP contribution in [0.1, 0.15) is 23.2 Å². The number of carbonyl (C=O) groups excluding carboxylic acids is 1. The standard InChI is InChI=1S/C18H19BrN2O4S/c19-14-6-8-15(9-7-14)21-18(22)13-3-1-5-17(11-13)26(23,24)20-12-16-4-2-10-25-16/h1,3,5-9,11,16,20H,2,4,10,12H2,(H,21,22). The Labute approximate surface area is 161 Å². The fourth-order valence-electron chi connectivity index (χ4n) is 2.63. The van der Waals surface area contributed by atoms with Crippen LogP contribution in [0.5, 0.6) is 0 Å². The minimum atomic E-state index is -3.70. The zero-order valence-electron chi connectivity index (χ0n) is 13.9. The maximum atomic E-state index is 12.5. The number of ether oxygens (including phenoxy) is 1. The highest BCUT2D eigenvalue weighted by atomic mass is 79.9. The summed E-state index contributed by atoms with van der Waals surface area (Å²) in [7, 11) is -3.70. The van der Waals surface area contributed by atoms with Crippen LogP contribution in [0.2, 0.25) is 0 Å². The lowest BCUT2D eigenvalue weighted by Crippen LogP contribution is -2.32. The number of rotatable bonds is 6. The molecule has 1 saturated heterocycles. The van der Waals surface area contributed by atoms with Crippen LogP contribution in [0, 0.1) is 0 Å². The predicted octanol–water partition coefficient (Wildman–Crippen LogP) is 3.16. The highest BCUT2D eigenvalue weighted by molar-refractivity contribution is 9.10. The Morgan fingerprint density at radius 1 is 1.19 bits per heavy atom. The Hall–Kier alpha value is -1.74. The summed E-state index contributed by atoms with van der Waals surface area (Å²) >= 11 is 3.33. The number of amides is 1. The summed E-state index contributed by atoms with van der Waals surface area (Å²) < 4.78 is 33.8. The molecule has 1 aliphatic rings. The van der Waals surface area contributed by atoms with Gasteiger partial charge in [-0.1, -0.05) is 22.0 Å². The van der Waals surface area contributed by atoms with Crippen LogP contribution in [0.4, 0.5) is 5.69 Å². The summed E-state index contributed by atoms with van der Waals surface area (Å²) in [5.41, 5.74) is 0.899. The lowest BCUT2D eigenvalue weighted by Gasteiger charge is -2.12. The average Bonchev–Trinajstić information content (AvgIpc) is 3.16. The van der Waals surface area contributed by atoms with Crippen LogP contribution in [0.15, 0.2) is 57.9 Å². The van der Waals surface area contributed by atoms with Crippen molar-refractivity contribution < 1.29 is 17.9 Å². The zero-order chi connectivity index (χ0) is 18.6. The van der Waals surface area contributed by atoms with Gasteiger partial charge in [0.05, 0.1) is 11.0 Å². The van der Waals surface area contributed by atoms with Crippen molar-refractivity contribution in [2.24, 2.45) is 0 Å². The van der Waals surface area contributed by atoms with Crippen molar-refractivity contribution in [2.45, 2.75) is 23.8 Å². The third kappa shape index (κ3) is 4.91. The Kier molecular flexibility index (Phi) is 6.08. The predicted molar refractivity (Wildman–Crippen MR) is 103 cm³/mol. The number of hydrogen-bond acceptors (Lipinski definition) is 4. The van der Waals surface area contributed by atoms with Crippen molar-refractivity contribution in [2.75, 3.05) is 18.5 Å². The van der Waals surface area contributed by atoms with E-state index in [4.69, 9.17) is 4.74 Å². The third-order valence-electron chi connectivity index (χ3n) is 4.03. The molecule has 1 fully saturated rings. The smallest absolute Gasteiger partial charge is 0.255 e. The molecule has 2 aromatic rings. The van der Waals surface area contributed by atoms with Crippen molar-refractivity contribution in [1.29, 1.82) is 0 Å². The van der Waals surface area contributed by atoms with Crippen molar-refractivity contribution in [3.63, 3.8) is 0 Å². The van der Waals surface area contributed by atoms with Crippen molar-refractivity contribution in [3.8, 4) is 0 Å². The fourth-order valence-corrected chi connectivity index (χ4v) is 4.01. The molecular formula is C18H19BrN2O4S. The average molecular weight is 439 g/mol. The summed E-state index contributed by atoms with van der Waals surface area (Å²) in [6, 6.07) is 13.1. The largest absolute Gasteiger partial charge is 0.377 e. The lowest BCUT2D eigenvalue weighted by atomic mass is 10.2. The van der Waals surface area contributed by atoms with E-state index < -0.39 is 10.0 Å². The summed E-state index contributed by atoms with van der Waals surface area (Å²) in [5, 5.41) is 2.75. The number of benzene rings is 2. The van der Waals surface area contributed by atoms with Gasteiger partial charge in [-0.25, -0.2) is 13.1 Å². The third-order valence-corrected chi connectivity index (χ3v) is 5.98. The van der Waals surface area contributed by atoms with Gasteiger partial charge in [0.2, 0.25) is 10.0 Å². The normalized spacial score (nSPS) is 17.2. The lowest BCUT2D eigenvalue weighted by molar-refractivity contribution is 0.102. The number of anilines is 1. The summed E-state index contributed by atoms with van der Waals surface area (Å²) in [5.74, 6) is -0.372. The molecule has 26 heavy (non-hydrogen) atoms. The van der Waals surface area contributed by atoms with Crippen LogP contribution < -0.4 is 10.0 Å². The van der Waals surface area contributed by atoms with Gasteiger partial charge in [0.25, 0.3) is 5.91 Å². The van der Waals surface area contributed by atoms with Crippen LogP contribution in [0.25, 0.3) is 0 Å². The van der Waals surface area contributed by atoms with Gasteiger partial charge in [-0.2, -0.15) is 0 Å². The van der Waals surface area contributed by atoms with Gasteiger partial charge in [-0.05, 0) is 55.3 Å². The van der Waals surface area contributed by atoms with E-state index in [1.165, 1.54) is 12.1 Å². The number of carbonyl (C=O) groups is 1. The zero-order valence-corrected chi connectivity index (χ0v) is 16.3. The molecule has 1 atom stereocenters. The molecule has 1 aliphatic heterocycles. The highest BCUT2D eigenvalue weighted by Crippen LogP contribution is 2.17. The highest BCUT2D eigenvalue weighted by Gasteiger charge is 2.21. The van der Waals surface area contributed by atoms with Gasteiger partial charge in [-0.3, -0.25) is 4.79 Å². The minimum Gasteiger partial charge on any atom is -0.377 e. The van der Waals surface area contributed by atoms with Crippen molar-refractivity contribution >= 4 is 37.5 Å². The molecule has 1 unspecified atom stereocenters. The molecule has 6 nitrogen and oxygen atoms in total. The quantitative estimate of drug-likeness (QED) is 0.725. The van der Waals surface area contributed by atoms with E-state index in [9.17, 15) is 13.2 Å². The van der Waals surface area contributed by atoms with Gasteiger partial charge in [0.1, 0.15) is 0 Å². The van der Waals surface area contributed by atoms with E-state index in [1.807, 2.05) is 12.1 Å². The molecule has 0 aromatic heterocycles. The second kappa shape index (κ2) is 8.30. The Bertz CT molecular complexity index is 878. The summed E-state index contributed by atoms with van der Waals surface area (Å²) in [6.07, 6.45) is 1.70. The van der Waals surface area contributed by atoms with Crippen LogP contribution >= 0.6 is 15.9 Å². The van der Waals surface area contributed by atoms with Crippen LogP contribution in [0.3, 0.4) is 0 Å². The molecule has 1 amide bonds. The second-order valence-corrected chi connectivity index (χ2v) is 8.66. The Morgan fingerprint density at radius 3 is 2.65 bits per heavy atom. The molecule has 1 heterocycles. The second-order valence-electron chi connectivity index (χ2n) is 5.98. The summed E-state index contributed by atoms with van der Waals surface area (Å²) in [4.78, 5) is 12.4. The minimum absolute atomic E-state index is 0.0546. The first-order valence-electron chi connectivity index (χ1n) is 8.22. The van der Waals surface area contributed by atoms with Gasteiger partial charge in [-0.15, -0.1) is 0 Å². The molecule has 3 rings (SSSR count). The van der Waals surface area contributed by atoms with Crippen molar-refractivity contribution in [3.05, 3.63) is 58.6 Å². The fraction of sp³-hybridized carbons (Fsp3) is 0.278. The molecule has 2 N–H and O–H groups in total. The van der Waals surface area contributed by atoms with E-state index in [2.05, 4.69) is 26.0 Å². The maximum Gasteiger partial charge on any atom is 0.255 e. The monoisotopic (exact) mass is 438 g/mol. The molecule has 138 valence electrons. The molecule has 0 bridgehead atoms. The molecule has 0 spiro atoms. The summed E-state index contributed by atoms with van der Waals surface area (Å²) in [6.45, 7) is 0.899. The number of hydrogen-bond donors (Lipinski definition) is 2. The van der Waals surface area contributed by atoms with Gasteiger partial charge < -0.3 is 10.1 Å². The number of halogens is 1. The first kappa shape index (κ1) is 19.0. The molecule has 8 heteroatoms.